The Kier molecular flexibility index (Phi) is 6.52. The zero-order valence-corrected chi connectivity index (χ0v) is 14.9. The first-order chi connectivity index (χ1) is 11.8. The summed E-state index contributed by atoms with van der Waals surface area (Å²) >= 11 is 0. The molecule has 3 rings (SSSR count). The fraction of sp³-hybridized carbons (Fsp3) is 0.529. The molecule has 2 amide bonds. The van der Waals surface area contributed by atoms with Crippen molar-refractivity contribution in [2.45, 2.75) is 37.9 Å². The summed E-state index contributed by atoms with van der Waals surface area (Å²) in [5.74, 6) is -0.755. The molecule has 0 spiro atoms. The molecule has 1 aromatic carbocycles. The van der Waals surface area contributed by atoms with Crippen molar-refractivity contribution in [1.82, 2.24) is 10.6 Å². The number of anilines is 1. The van der Waals surface area contributed by atoms with Gasteiger partial charge in [-0.3, -0.25) is 9.59 Å². The van der Waals surface area contributed by atoms with Gasteiger partial charge in [-0.1, -0.05) is 0 Å². The number of carbonyl (C=O) groups excluding carboxylic acids is 2. The van der Waals surface area contributed by atoms with E-state index in [1.807, 2.05) is 0 Å². The van der Waals surface area contributed by atoms with Crippen LogP contribution < -0.4 is 15.5 Å². The minimum absolute atomic E-state index is 0. The van der Waals surface area contributed by atoms with Crippen LogP contribution in [0.15, 0.2) is 18.2 Å². The maximum atomic E-state index is 13.2. The normalized spacial score (nSPS) is 18.6. The van der Waals surface area contributed by atoms with Gasteiger partial charge in [0.1, 0.15) is 0 Å². The highest BCUT2D eigenvalue weighted by molar-refractivity contribution is 5.99. The van der Waals surface area contributed by atoms with Crippen LogP contribution in [0.2, 0.25) is 0 Å². The lowest BCUT2D eigenvalue weighted by Crippen LogP contribution is -2.42. The Hall–Kier alpha value is -1.80. The molecular weight excluding hydrogens is 371 g/mol. The molecule has 0 unspecified atom stereocenters. The first-order valence-corrected chi connectivity index (χ1v) is 8.39. The van der Waals surface area contributed by atoms with Gasteiger partial charge in [-0.15, -0.1) is 12.4 Å². The molecule has 9 heteroatoms. The van der Waals surface area contributed by atoms with E-state index in [1.54, 1.807) is 0 Å². The third-order valence-corrected chi connectivity index (χ3v) is 4.57. The standard InChI is InChI=1S/C17H20F3N3O2.ClH/c18-17(19,20)12-8-11(16(25)22-13-3-5-21-6-4-13)9-14(10-12)23-7-1-2-15(23)24;/h8-10,13,21H,1-7H2,(H,22,25);1H. The maximum Gasteiger partial charge on any atom is 0.416 e. The van der Waals surface area contributed by atoms with Crippen LogP contribution in [-0.4, -0.2) is 37.5 Å². The predicted molar refractivity (Wildman–Crippen MR) is 93.6 cm³/mol. The average Bonchev–Trinajstić information content (AvgIpc) is 3.00. The Morgan fingerprint density at radius 1 is 1.19 bits per heavy atom. The highest BCUT2D eigenvalue weighted by Crippen LogP contribution is 2.34. The number of carbonyl (C=O) groups is 2. The molecule has 0 aliphatic carbocycles. The zero-order chi connectivity index (χ0) is 18.0. The number of alkyl halides is 3. The number of nitrogens with zero attached hydrogens (tertiary/aromatic N) is 1. The number of hydrogen-bond acceptors (Lipinski definition) is 3. The fourth-order valence-corrected chi connectivity index (χ4v) is 3.22. The second kappa shape index (κ2) is 8.26. The molecule has 144 valence electrons. The molecule has 0 radical (unpaired) electrons. The molecule has 2 heterocycles. The van der Waals surface area contributed by atoms with E-state index in [-0.39, 0.29) is 35.6 Å². The number of rotatable bonds is 3. The number of nitrogens with one attached hydrogen (secondary N) is 2. The Balaban J connectivity index is 0.00000243. The average molecular weight is 392 g/mol. The summed E-state index contributed by atoms with van der Waals surface area (Å²) in [4.78, 5) is 25.6. The van der Waals surface area contributed by atoms with Gasteiger partial charge in [-0.25, -0.2) is 0 Å². The van der Waals surface area contributed by atoms with E-state index in [9.17, 15) is 22.8 Å². The van der Waals surface area contributed by atoms with Crippen LogP contribution in [0.3, 0.4) is 0 Å². The van der Waals surface area contributed by atoms with E-state index in [1.165, 1.54) is 11.0 Å². The van der Waals surface area contributed by atoms with E-state index in [0.29, 0.717) is 19.4 Å². The summed E-state index contributed by atoms with van der Waals surface area (Å²) in [5, 5.41) is 5.96. The smallest absolute Gasteiger partial charge is 0.349 e. The Morgan fingerprint density at radius 2 is 1.88 bits per heavy atom. The number of piperidine rings is 1. The third kappa shape index (κ3) is 4.67. The molecule has 0 bridgehead atoms. The second-order valence-electron chi connectivity index (χ2n) is 6.41. The Morgan fingerprint density at radius 3 is 2.46 bits per heavy atom. The van der Waals surface area contributed by atoms with Crippen molar-refractivity contribution in [1.29, 1.82) is 0 Å². The lowest BCUT2D eigenvalue weighted by Gasteiger charge is -2.24. The SMILES string of the molecule is Cl.O=C(NC1CCNCC1)c1cc(N2CCCC2=O)cc(C(F)(F)F)c1. The molecule has 0 atom stereocenters. The van der Waals surface area contributed by atoms with Gasteiger partial charge in [0, 0.05) is 30.3 Å². The molecule has 26 heavy (non-hydrogen) atoms. The topological polar surface area (TPSA) is 61.4 Å². The van der Waals surface area contributed by atoms with E-state index in [4.69, 9.17) is 0 Å². The third-order valence-electron chi connectivity index (χ3n) is 4.57. The molecule has 5 nitrogen and oxygen atoms in total. The summed E-state index contributed by atoms with van der Waals surface area (Å²) in [6, 6.07) is 3.10. The first kappa shape index (κ1) is 20.5. The minimum atomic E-state index is -4.58. The Labute approximate surface area is 155 Å². The number of benzene rings is 1. The van der Waals surface area contributed by atoms with Crippen LogP contribution in [-0.2, 0) is 11.0 Å². The molecule has 2 aliphatic heterocycles. The summed E-state index contributed by atoms with van der Waals surface area (Å²) in [6.45, 7) is 1.90. The maximum absolute atomic E-state index is 13.2. The molecule has 2 fully saturated rings. The van der Waals surface area contributed by atoms with Gasteiger partial charge in [-0.05, 0) is 50.6 Å². The minimum Gasteiger partial charge on any atom is -0.349 e. The van der Waals surface area contributed by atoms with Gasteiger partial charge in [0.05, 0.1) is 5.56 Å². The summed E-state index contributed by atoms with van der Waals surface area (Å²) < 4.78 is 39.6. The molecule has 2 aliphatic rings. The molecule has 2 N–H and O–H groups in total. The first-order valence-electron chi connectivity index (χ1n) is 8.39. The van der Waals surface area contributed by atoms with Gasteiger partial charge >= 0.3 is 6.18 Å². The fourth-order valence-electron chi connectivity index (χ4n) is 3.22. The van der Waals surface area contributed by atoms with E-state index >= 15 is 0 Å². The summed E-state index contributed by atoms with van der Waals surface area (Å²) in [6.07, 6.45) is -2.19. The zero-order valence-electron chi connectivity index (χ0n) is 14.1. The second-order valence-corrected chi connectivity index (χ2v) is 6.41. The largest absolute Gasteiger partial charge is 0.416 e. The quantitative estimate of drug-likeness (QED) is 0.833. The molecule has 0 saturated carbocycles. The van der Waals surface area contributed by atoms with Gasteiger partial charge in [-0.2, -0.15) is 13.2 Å². The van der Waals surface area contributed by atoms with Crippen LogP contribution in [0.25, 0.3) is 0 Å². The molecule has 2 saturated heterocycles. The van der Waals surface area contributed by atoms with Gasteiger partial charge in [0.15, 0.2) is 0 Å². The lowest BCUT2D eigenvalue weighted by atomic mass is 10.0. The van der Waals surface area contributed by atoms with Gasteiger partial charge in [0.2, 0.25) is 5.91 Å². The van der Waals surface area contributed by atoms with Gasteiger partial charge in [0.25, 0.3) is 5.91 Å². The lowest BCUT2D eigenvalue weighted by molar-refractivity contribution is -0.137. The Bertz CT molecular complexity index is 676. The predicted octanol–water partition coefficient (Wildman–Crippen LogP) is 2.74. The van der Waals surface area contributed by atoms with Crippen molar-refractivity contribution in [3.05, 3.63) is 29.3 Å². The monoisotopic (exact) mass is 391 g/mol. The molecular formula is C17H21ClF3N3O2. The van der Waals surface area contributed by atoms with Crippen molar-refractivity contribution in [2.75, 3.05) is 24.5 Å². The van der Waals surface area contributed by atoms with Crippen LogP contribution in [0.1, 0.15) is 41.6 Å². The van der Waals surface area contributed by atoms with Crippen LogP contribution in [0, 0.1) is 0 Å². The van der Waals surface area contributed by atoms with Crippen molar-refractivity contribution >= 4 is 29.9 Å². The number of hydrogen-bond donors (Lipinski definition) is 2. The van der Waals surface area contributed by atoms with E-state index < -0.39 is 17.6 Å². The number of halogens is 4. The summed E-state index contributed by atoms with van der Waals surface area (Å²) in [7, 11) is 0. The van der Waals surface area contributed by atoms with Crippen LogP contribution in [0.4, 0.5) is 18.9 Å². The molecule has 0 aromatic heterocycles. The van der Waals surface area contributed by atoms with Crippen molar-refractivity contribution in [3.63, 3.8) is 0 Å². The number of amides is 2. The van der Waals surface area contributed by atoms with Crippen LogP contribution in [0.5, 0.6) is 0 Å². The van der Waals surface area contributed by atoms with Crippen LogP contribution >= 0.6 is 12.4 Å². The highest BCUT2D eigenvalue weighted by Gasteiger charge is 2.33. The summed E-state index contributed by atoms with van der Waals surface area (Å²) in [5.41, 5.74) is -0.851. The van der Waals surface area contributed by atoms with Crippen molar-refractivity contribution in [2.24, 2.45) is 0 Å². The highest BCUT2D eigenvalue weighted by atomic mass is 35.5. The van der Waals surface area contributed by atoms with E-state index in [2.05, 4.69) is 10.6 Å². The van der Waals surface area contributed by atoms with E-state index in [0.717, 1.165) is 38.1 Å². The van der Waals surface area contributed by atoms with Crippen molar-refractivity contribution in [3.8, 4) is 0 Å². The molecule has 1 aromatic rings. The van der Waals surface area contributed by atoms with Gasteiger partial charge < -0.3 is 15.5 Å². The van der Waals surface area contributed by atoms with Crippen molar-refractivity contribution < 1.29 is 22.8 Å².